The van der Waals surface area contributed by atoms with E-state index in [4.69, 9.17) is 5.73 Å². The molecule has 112 valence electrons. The maximum absolute atomic E-state index is 12.4. The summed E-state index contributed by atoms with van der Waals surface area (Å²) in [5.41, 5.74) is 5.62. The van der Waals surface area contributed by atoms with E-state index in [1.54, 1.807) is 0 Å². The minimum Gasteiger partial charge on any atom is -0.464 e. The van der Waals surface area contributed by atoms with Gasteiger partial charge in [0.05, 0.1) is 24.9 Å². The van der Waals surface area contributed by atoms with Crippen molar-refractivity contribution in [3.05, 3.63) is 47.3 Å². The molecule has 0 fully saturated rings. The van der Waals surface area contributed by atoms with Crippen molar-refractivity contribution in [2.45, 2.75) is 12.7 Å². The van der Waals surface area contributed by atoms with Gasteiger partial charge in [0.25, 0.3) is 0 Å². The summed E-state index contributed by atoms with van der Waals surface area (Å²) in [6, 6.07) is 4.67. The normalized spacial score (nSPS) is 11.4. The summed E-state index contributed by atoms with van der Waals surface area (Å²) in [4.78, 5) is 11.4. The number of rotatable bonds is 3. The highest BCUT2D eigenvalue weighted by molar-refractivity contribution is 5.92. The van der Waals surface area contributed by atoms with Gasteiger partial charge in [-0.1, -0.05) is 12.1 Å². The molecule has 2 aromatic rings. The number of aromatic nitrogens is 2. The quantitative estimate of drug-likeness (QED) is 0.883. The number of nitrogens with two attached hydrogens (primary N) is 1. The second-order valence-electron chi connectivity index (χ2n) is 4.32. The molecule has 8 heteroatoms. The number of alkyl halides is 3. The molecule has 0 unspecified atom stereocenters. The van der Waals surface area contributed by atoms with Crippen LogP contribution in [0.4, 0.5) is 18.9 Å². The molecular formula is C13H12F3N3O2. The molecule has 5 nitrogen and oxygen atoms in total. The van der Waals surface area contributed by atoms with E-state index in [1.807, 2.05) is 0 Å². The molecule has 1 aromatic carbocycles. The van der Waals surface area contributed by atoms with Crippen molar-refractivity contribution in [2.75, 3.05) is 12.8 Å². The number of esters is 1. The van der Waals surface area contributed by atoms with E-state index in [2.05, 4.69) is 9.84 Å². The molecule has 0 bridgehead atoms. The highest BCUT2D eigenvalue weighted by Gasteiger charge is 2.29. The monoisotopic (exact) mass is 299 g/mol. The minimum absolute atomic E-state index is 0.0237. The molecule has 2 N–H and O–H groups in total. The van der Waals surface area contributed by atoms with Crippen LogP contribution in [0.3, 0.4) is 0 Å². The highest BCUT2D eigenvalue weighted by Crippen LogP contribution is 2.29. The molecule has 0 aliphatic carbocycles. The van der Waals surface area contributed by atoms with Crippen LogP contribution < -0.4 is 5.73 Å². The Balaban J connectivity index is 2.17. The zero-order valence-corrected chi connectivity index (χ0v) is 11.0. The molecule has 0 saturated carbocycles. The van der Waals surface area contributed by atoms with E-state index < -0.39 is 17.7 Å². The molecular weight excluding hydrogens is 287 g/mol. The molecule has 0 spiro atoms. The number of benzene rings is 1. The van der Waals surface area contributed by atoms with Crippen LogP contribution in [0.5, 0.6) is 0 Å². The number of ether oxygens (including phenoxy) is 1. The Morgan fingerprint density at radius 2 is 1.95 bits per heavy atom. The number of nitrogen functional groups attached to an aromatic ring is 1. The van der Waals surface area contributed by atoms with Gasteiger partial charge in [-0.05, 0) is 17.7 Å². The first-order valence-electron chi connectivity index (χ1n) is 5.88. The number of carbonyl (C=O) groups excluding carboxylic acids is 1. The topological polar surface area (TPSA) is 70.1 Å². The predicted octanol–water partition coefficient (Wildman–Crippen LogP) is 2.32. The number of halogens is 3. The van der Waals surface area contributed by atoms with Crippen LogP contribution in [0.25, 0.3) is 0 Å². The van der Waals surface area contributed by atoms with Crippen molar-refractivity contribution in [3.8, 4) is 0 Å². The molecule has 0 aliphatic rings. The number of carbonyl (C=O) groups is 1. The van der Waals surface area contributed by atoms with Crippen LogP contribution in [0, 0.1) is 0 Å². The van der Waals surface area contributed by atoms with Crippen molar-refractivity contribution in [3.63, 3.8) is 0 Å². The number of hydrogen-bond donors (Lipinski definition) is 1. The highest BCUT2D eigenvalue weighted by atomic mass is 19.4. The maximum Gasteiger partial charge on any atom is 0.416 e. The average Bonchev–Trinajstić information content (AvgIpc) is 2.78. The fourth-order valence-corrected chi connectivity index (χ4v) is 1.76. The Hall–Kier alpha value is -2.51. The summed E-state index contributed by atoms with van der Waals surface area (Å²) in [5, 5.41) is 3.94. The molecule has 2 rings (SSSR count). The van der Waals surface area contributed by atoms with Gasteiger partial charge in [-0.2, -0.15) is 18.3 Å². The predicted molar refractivity (Wildman–Crippen MR) is 68.5 cm³/mol. The number of anilines is 1. The summed E-state index contributed by atoms with van der Waals surface area (Å²) >= 11 is 0. The number of nitrogens with zero attached hydrogens (tertiary/aromatic N) is 2. The fraction of sp³-hybridized carbons (Fsp3) is 0.231. The SMILES string of the molecule is COC(=O)c1nn(Cc2ccc(C(F)(F)F)cc2)cc1N. The second-order valence-corrected chi connectivity index (χ2v) is 4.32. The van der Waals surface area contributed by atoms with Crippen molar-refractivity contribution in [2.24, 2.45) is 0 Å². The summed E-state index contributed by atoms with van der Waals surface area (Å²) in [7, 11) is 1.21. The van der Waals surface area contributed by atoms with Crippen LogP contribution in [-0.4, -0.2) is 22.9 Å². The third-order valence-electron chi connectivity index (χ3n) is 2.79. The Morgan fingerprint density at radius 1 is 1.33 bits per heavy atom. The summed E-state index contributed by atoms with van der Waals surface area (Å²) in [6.07, 6.45) is -2.95. The van der Waals surface area contributed by atoms with Gasteiger partial charge < -0.3 is 10.5 Å². The Kier molecular flexibility index (Phi) is 3.88. The summed E-state index contributed by atoms with van der Waals surface area (Å²) < 4.78 is 43.2. The van der Waals surface area contributed by atoms with Gasteiger partial charge in [-0.15, -0.1) is 0 Å². The smallest absolute Gasteiger partial charge is 0.416 e. The Labute approximate surface area is 118 Å². The molecule has 0 radical (unpaired) electrons. The molecule has 0 saturated heterocycles. The van der Waals surface area contributed by atoms with Crippen molar-refractivity contribution in [1.82, 2.24) is 9.78 Å². The molecule has 21 heavy (non-hydrogen) atoms. The lowest BCUT2D eigenvalue weighted by molar-refractivity contribution is -0.137. The number of hydrogen-bond acceptors (Lipinski definition) is 4. The first-order chi connectivity index (χ1) is 9.81. The van der Waals surface area contributed by atoms with E-state index in [-0.39, 0.29) is 17.9 Å². The first-order valence-corrected chi connectivity index (χ1v) is 5.88. The van der Waals surface area contributed by atoms with Gasteiger partial charge in [0.1, 0.15) is 0 Å². The van der Waals surface area contributed by atoms with E-state index in [0.717, 1.165) is 12.1 Å². The van der Waals surface area contributed by atoms with E-state index in [1.165, 1.54) is 30.1 Å². The van der Waals surface area contributed by atoms with Crippen molar-refractivity contribution >= 4 is 11.7 Å². The molecule has 1 aromatic heterocycles. The van der Waals surface area contributed by atoms with Crippen molar-refractivity contribution in [1.29, 1.82) is 0 Å². The average molecular weight is 299 g/mol. The number of methoxy groups -OCH3 is 1. The fourth-order valence-electron chi connectivity index (χ4n) is 1.76. The molecule has 1 heterocycles. The van der Waals surface area contributed by atoms with Crippen LogP contribution in [0.1, 0.15) is 21.6 Å². The van der Waals surface area contributed by atoms with Gasteiger partial charge in [0.2, 0.25) is 0 Å². The lowest BCUT2D eigenvalue weighted by Gasteiger charge is -2.07. The first kappa shape index (κ1) is 14.9. The third kappa shape index (κ3) is 3.33. The maximum atomic E-state index is 12.4. The molecule has 0 atom stereocenters. The van der Waals surface area contributed by atoms with Crippen molar-refractivity contribution < 1.29 is 22.7 Å². The van der Waals surface area contributed by atoms with E-state index in [9.17, 15) is 18.0 Å². The van der Waals surface area contributed by atoms with Gasteiger partial charge in [0.15, 0.2) is 5.69 Å². The van der Waals surface area contributed by atoms with Gasteiger partial charge >= 0.3 is 12.1 Å². The third-order valence-corrected chi connectivity index (χ3v) is 2.79. The standard InChI is InChI=1S/C13H12F3N3O2/c1-21-12(20)11-10(17)7-19(18-11)6-8-2-4-9(5-3-8)13(14,15)16/h2-5,7H,6,17H2,1H3. The lowest BCUT2D eigenvalue weighted by Crippen LogP contribution is -2.08. The van der Waals surface area contributed by atoms with E-state index >= 15 is 0 Å². The lowest BCUT2D eigenvalue weighted by atomic mass is 10.1. The second kappa shape index (κ2) is 5.47. The van der Waals surface area contributed by atoms with Gasteiger partial charge in [-0.3, -0.25) is 4.68 Å². The largest absolute Gasteiger partial charge is 0.464 e. The van der Waals surface area contributed by atoms with Gasteiger partial charge in [-0.25, -0.2) is 4.79 Å². The Morgan fingerprint density at radius 3 is 2.48 bits per heavy atom. The zero-order valence-electron chi connectivity index (χ0n) is 11.0. The van der Waals surface area contributed by atoms with Crippen LogP contribution in [-0.2, 0) is 17.5 Å². The molecule has 0 amide bonds. The van der Waals surface area contributed by atoms with Crippen LogP contribution >= 0.6 is 0 Å². The zero-order chi connectivity index (χ0) is 15.6. The summed E-state index contributed by atoms with van der Waals surface area (Å²) in [5.74, 6) is -0.668. The Bertz CT molecular complexity index is 648. The van der Waals surface area contributed by atoms with Crippen LogP contribution in [0.15, 0.2) is 30.5 Å². The molecule has 0 aliphatic heterocycles. The van der Waals surface area contributed by atoms with Crippen LogP contribution in [0.2, 0.25) is 0 Å². The van der Waals surface area contributed by atoms with Gasteiger partial charge in [0, 0.05) is 6.20 Å². The minimum atomic E-state index is -4.37. The summed E-state index contributed by atoms with van der Waals surface area (Å²) in [6.45, 7) is 0.194. The van der Waals surface area contributed by atoms with E-state index in [0.29, 0.717) is 5.56 Å².